The van der Waals surface area contributed by atoms with Gasteiger partial charge in [0, 0.05) is 0 Å². The van der Waals surface area contributed by atoms with Gasteiger partial charge in [0.15, 0.2) is 0 Å². The maximum atomic E-state index is 2.46. The van der Waals surface area contributed by atoms with Gasteiger partial charge in [-0.2, -0.15) is 0 Å². The van der Waals surface area contributed by atoms with E-state index in [1.54, 1.807) is 0 Å². The molecule has 0 heterocycles. The van der Waals surface area contributed by atoms with Gasteiger partial charge < -0.3 is 0 Å². The van der Waals surface area contributed by atoms with Crippen LogP contribution in [0.3, 0.4) is 0 Å². The zero-order chi connectivity index (χ0) is 9.14. The first-order valence-corrected chi connectivity index (χ1v) is 5.63. The molecule has 0 heteroatoms. The Morgan fingerprint density at radius 2 is 1.42 bits per heavy atom. The fourth-order valence-electron chi connectivity index (χ4n) is 2.52. The fourth-order valence-corrected chi connectivity index (χ4v) is 2.52. The van der Waals surface area contributed by atoms with Crippen LogP contribution in [0.15, 0.2) is 0 Å². The summed E-state index contributed by atoms with van der Waals surface area (Å²) < 4.78 is 0. The lowest BCUT2D eigenvalue weighted by molar-refractivity contribution is 0.214. The summed E-state index contributed by atoms with van der Waals surface area (Å²) in [5.41, 5.74) is 0. The van der Waals surface area contributed by atoms with E-state index in [0.717, 1.165) is 23.7 Å². The Balaban J connectivity index is 2.39. The predicted molar refractivity (Wildman–Crippen MR) is 55.1 cm³/mol. The summed E-state index contributed by atoms with van der Waals surface area (Å²) in [6.45, 7) is 9.60. The Bertz CT molecular complexity index is 118. The highest BCUT2D eigenvalue weighted by molar-refractivity contribution is 4.77. The zero-order valence-electron chi connectivity index (χ0n) is 9.14. The first kappa shape index (κ1) is 10.1. The van der Waals surface area contributed by atoms with Gasteiger partial charge >= 0.3 is 0 Å². The molecule has 0 amide bonds. The van der Waals surface area contributed by atoms with Crippen molar-refractivity contribution in [3.63, 3.8) is 0 Å². The zero-order valence-corrected chi connectivity index (χ0v) is 9.14. The summed E-state index contributed by atoms with van der Waals surface area (Å²) in [5.74, 6) is 3.77. The van der Waals surface area contributed by atoms with Crippen molar-refractivity contribution in [3.8, 4) is 0 Å². The molecule has 2 atom stereocenters. The molecule has 0 aromatic carbocycles. The molecule has 0 radical (unpaired) electrons. The molecular formula is C12H24. The van der Waals surface area contributed by atoms with Gasteiger partial charge in [-0.3, -0.25) is 0 Å². The van der Waals surface area contributed by atoms with Crippen molar-refractivity contribution in [1.29, 1.82) is 0 Å². The molecule has 12 heavy (non-hydrogen) atoms. The highest BCUT2D eigenvalue weighted by Crippen LogP contribution is 2.37. The van der Waals surface area contributed by atoms with E-state index in [0.29, 0.717) is 0 Å². The maximum absolute atomic E-state index is 2.46. The van der Waals surface area contributed by atoms with E-state index in [-0.39, 0.29) is 0 Å². The Morgan fingerprint density at radius 3 is 1.83 bits per heavy atom. The van der Waals surface area contributed by atoms with Crippen LogP contribution in [0, 0.1) is 23.7 Å². The molecule has 72 valence electrons. The predicted octanol–water partition coefficient (Wildman–Crippen LogP) is 4.10. The van der Waals surface area contributed by atoms with Gasteiger partial charge in [-0.25, -0.2) is 0 Å². The van der Waals surface area contributed by atoms with Crippen molar-refractivity contribution in [3.05, 3.63) is 0 Å². The summed E-state index contributed by atoms with van der Waals surface area (Å²) in [7, 11) is 0. The number of hydrogen-bond donors (Lipinski definition) is 0. The SMILES string of the molecule is CC(C)C(C)C(C)C1CCCC1. The van der Waals surface area contributed by atoms with Crippen LogP contribution < -0.4 is 0 Å². The van der Waals surface area contributed by atoms with Crippen molar-refractivity contribution < 1.29 is 0 Å². The third kappa shape index (κ3) is 2.24. The normalized spacial score (nSPS) is 24.8. The van der Waals surface area contributed by atoms with Gasteiger partial charge in [0.05, 0.1) is 0 Å². The monoisotopic (exact) mass is 168 g/mol. The Hall–Kier alpha value is 0. The standard InChI is InChI=1S/C12H24/c1-9(2)10(3)11(4)12-7-5-6-8-12/h9-12H,5-8H2,1-4H3. The van der Waals surface area contributed by atoms with E-state index in [2.05, 4.69) is 27.7 Å². The summed E-state index contributed by atoms with van der Waals surface area (Å²) in [5, 5.41) is 0. The van der Waals surface area contributed by atoms with E-state index < -0.39 is 0 Å². The molecule has 2 unspecified atom stereocenters. The first-order valence-electron chi connectivity index (χ1n) is 5.63. The average Bonchev–Trinajstić information content (AvgIpc) is 2.53. The van der Waals surface area contributed by atoms with Crippen LogP contribution in [0.1, 0.15) is 53.4 Å². The van der Waals surface area contributed by atoms with Crippen molar-refractivity contribution in [2.75, 3.05) is 0 Å². The van der Waals surface area contributed by atoms with Crippen molar-refractivity contribution in [2.45, 2.75) is 53.4 Å². The average molecular weight is 168 g/mol. The third-order valence-electron chi connectivity index (χ3n) is 4.02. The van der Waals surface area contributed by atoms with E-state index >= 15 is 0 Å². The molecule has 0 nitrogen and oxygen atoms in total. The van der Waals surface area contributed by atoms with Gasteiger partial charge in [-0.05, 0) is 23.7 Å². The second-order valence-corrected chi connectivity index (χ2v) is 5.01. The van der Waals surface area contributed by atoms with Gasteiger partial charge in [-0.1, -0.05) is 53.4 Å². The molecule has 1 saturated carbocycles. The molecule has 0 aromatic rings. The maximum Gasteiger partial charge on any atom is -0.0386 e. The van der Waals surface area contributed by atoms with Crippen LogP contribution in [-0.4, -0.2) is 0 Å². The van der Waals surface area contributed by atoms with E-state index in [9.17, 15) is 0 Å². The summed E-state index contributed by atoms with van der Waals surface area (Å²) in [4.78, 5) is 0. The summed E-state index contributed by atoms with van der Waals surface area (Å²) >= 11 is 0. The molecule has 1 aliphatic carbocycles. The lowest BCUT2D eigenvalue weighted by atomic mass is 9.78. The van der Waals surface area contributed by atoms with Crippen LogP contribution in [-0.2, 0) is 0 Å². The van der Waals surface area contributed by atoms with Crippen molar-refractivity contribution in [1.82, 2.24) is 0 Å². The van der Waals surface area contributed by atoms with Gasteiger partial charge in [0.25, 0.3) is 0 Å². The smallest absolute Gasteiger partial charge is 0.0386 e. The van der Waals surface area contributed by atoms with E-state index in [1.807, 2.05) is 0 Å². The molecule has 1 aliphatic rings. The molecule has 0 N–H and O–H groups in total. The lowest BCUT2D eigenvalue weighted by Crippen LogP contribution is -2.20. The Labute approximate surface area is 77.7 Å². The largest absolute Gasteiger partial charge is 0.0625 e. The number of hydrogen-bond acceptors (Lipinski definition) is 0. The topological polar surface area (TPSA) is 0 Å². The van der Waals surface area contributed by atoms with E-state index in [4.69, 9.17) is 0 Å². The van der Waals surface area contributed by atoms with Crippen molar-refractivity contribution >= 4 is 0 Å². The quantitative estimate of drug-likeness (QED) is 0.595. The number of rotatable bonds is 3. The second-order valence-electron chi connectivity index (χ2n) is 5.01. The lowest BCUT2D eigenvalue weighted by Gasteiger charge is -2.28. The van der Waals surface area contributed by atoms with Gasteiger partial charge in [-0.15, -0.1) is 0 Å². The molecule has 0 spiro atoms. The minimum absolute atomic E-state index is 0.862. The molecule has 1 fully saturated rings. The molecule has 0 saturated heterocycles. The van der Waals surface area contributed by atoms with Gasteiger partial charge in [0.2, 0.25) is 0 Å². The van der Waals surface area contributed by atoms with Gasteiger partial charge in [0.1, 0.15) is 0 Å². The summed E-state index contributed by atoms with van der Waals surface area (Å²) in [6, 6.07) is 0. The first-order chi connectivity index (χ1) is 5.63. The van der Waals surface area contributed by atoms with Crippen LogP contribution in [0.5, 0.6) is 0 Å². The highest BCUT2D eigenvalue weighted by Gasteiger charge is 2.26. The molecule has 1 rings (SSSR count). The minimum atomic E-state index is 0.862. The molecule has 0 aromatic heterocycles. The summed E-state index contributed by atoms with van der Waals surface area (Å²) in [6.07, 6.45) is 5.97. The minimum Gasteiger partial charge on any atom is -0.0625 e. The molecule has 0 bridgehead atoms. The van der Waals surface area contributed by atoms with Crippen LogP contribution >= 0.6 is 0 Å². The third-order valence-corrected chi connectivity index (χ3v) is 4.02. The second kappa shape index (κ2) is 4.30. The fraction of sp³-hybridized carbons (Fsp3) is 1.00. The van der Waals surface area contributed by atoms with Crippen molar-refractivity contribution in [2.24, 2.45) is 23.7 Å². The van der Waals surface area contributed by atoms with Crippen LogP contribution in [0.4, 0.5) is 0 Å². The van der Waals surface area contributed by atoms with E-state index in [1.165, 1.54) is 25.7 Å². The Morgan fingerprint density at radius 1 is 0.917 bits per heavy atom. The Kier molecular flexibility index (Phi) is 3.61. The molecule has 0 aliphatic heterocycles. The molecular weight excluding hydrogens is 144 g/mol. The highest BCUT2D eigenvalue weighted by atomic mass is 14.3. The van der Waals surface area contributed by atoms with Crippen LogP contribution in [0.25, 0.3) is 0 Å². The van der Waals surface area contributed by atoms with Crippen LogP contribution in [0.2, 0.25) is 0 Å².